The zero-order valence-corrected chi connectivity index (χ0v) is 18.9. The Labute approximate surface area is 193 Å². The molecule has 0 spiro atoms. The predicted molar refractivity (Wildman–Crippen MR) is 123 cm³/mol. The quantitative estimate of drug-likeness (QED) is 0.386. The van der Waals surface area contributed by atoms with Gasteiger partial charge in [-0.3, -0.25) is 9.52 Å². The molecule has 33 heavy (non-hydrogen) atoms. The van der Waals surface area contributed by atoms with Crippen molar-refractivity contribution < 1.29 is 22.0 Å². The molecule has 2 heterocycles. The van der Waals surface area contributed by atoms with E-state index in [1.54, 1.807) is 36.5 Å². The third kappa shape index (κ3) is 4.32. The third-order valence-corrected chi connectivity index (χ3v) is 6.68. The van der Waals surface area contributed by atoms with E-state index in [1.165, 1.54) is 20.3 Å². The number of carbonyl (C=O) groups is 1. The van der Waals surface area contributed by atoms with E-state index < -0.39 is 38.9 Å². The molecule has 2 aromatic heterocycles. The number of nitrogens with zero attached hydrogens (tertiary/aromatic N) is 2. The molecule has 7 nitrogen and oxygen atoms in total. The smallest absolute Gasteiger partial charge is 0.301 e. The van der Waals surface area contributed by atoms with Crippen LogP contribution in [0.15, 0.2) is 54.9 Å². The van der Waals surface area contributed by atoms with E-state index in [9.17, 15) is 17.6 Å². The summed E-state index contributed by atoms with van der Waals surface area (Å²) in [4.78, 5) is 20.3. The predicted octanol–water partition coefficient (Wildman–Crippen LogP) is 4.61. The molecule has 0 aliphatic carbocycles. The van der Waals surface area contributed by atoms with Crippen molar-refractivity contribution in [1.82, 2.24) is 14.3 Å². The van der Waals surface area contributed by atoms with Gasteiger partial charge in [0.15, 0.2) is 5.82 Å². The lowest BCUT2D eigenvalue weighted by molar-refractivity contribution is 0.103. The van der Waals surface area contributed by atoms with Gasteiger partial charge in [0.25, 0.3) is 0 Å². The number of benzene rings is 2. The first-order valence-corrected chi connectivity index (χ1v) is 11.4. The van der Waals surface area contributed by atoms with E-state index in [0.717, 1.165) is 22.0 Å². The largest absolute Gasteiger partial charge is 0.345 e. The zero-order valence-electron chi connectivity index (χ0n) is 17.4. The van der Waals surface area contributed by atoms with Gasteiger partial charge in [-0.1, -0.05) is 23.7 Å². The van der Waals surface area contributed by atoms with Crippen LogP contribution in [0.1, 0.15) is 15.9 Å². The Morgan fingerprint density at radius 3 is 2.45 bits per heavy atom. The maximum absolute atomic E-state index is 15.1. The maximum atomic E-state index is 15.1. The van der Waals surface area contributed by atoms with Crippen LogP contribution < -0.4 is 4.72 Å². The molecule has 4 aromatic rings. The van der Waals surface area contributed by atoms with E-state index in [-0.39, 0.29) is 5.56 Å². The van der Waals surface area contributed by atoms with Crippen molar-refractivity contribution in [2.24, 2.45) is 0 Å². The third-order valence-electron chi connectivity index (χ3n) is 4.99. The number of H-pyrrole nitrogens is 1. The van der Waals surface area contributed by atoms with Gasteiger partial charge in [-0.2, -0.15) is 12.7 Å². The first-order valence-electron chi connectivity index (χ1n) is 9.54. The number of carbonyl (C=O) groups excluding carboxylic acids is 1. The van der Waals surface area contributed by atoms with E-state index in [1.807, 2.05) is 4.72 Å². The fourth-order valence-corrected chi connectivity index (χ4v) is 3.94. The Hall–Kier alpha value is -3.34. The van der Waals surface area contributed by atoms with Gasteiger partial charge in [0.2, 0.25) is 5.78 Å². The van der Waals surface area contributed by atoms with Crippen LogP contribution in [-0.2, 0) is 10.2 Å². The molecule has 0 amide bonds. The number of anilines is 1. The van der Waals surface area contributed by atoms with E-state index >= 15 is 4.39 Å². The average molecular weight is 491 g/mol. The number of ketones is 1. The molecule has 11 heteroatoms. The van der Waals surface area contributed by atoms with Crippen LogP contribution in [0.2, 0.25) is 5.02 Å². The van der Waals surface area contributed by atoms with Gasteiger partial charge >= 0.3 is 10.2 Å². The molecule has 0 fully saturated rings. The Morgan fingerprint density at radius 1 is 1.09 bits per heavy atom. The second-order valence-electron chi connectivity index (χ2n) is 7.33. The molecule has 170 valence electrons. The lowest BCUT2D eigenvalue weighted by Crippen LogP contribution is -2.29. The first kappa shape index (κ1) is 22.8. The van der Waals surface area contributed by atoms with Gasteiger partial charge in [-0.15, -0.1) is 0 Å². The van der Waals surface area contributed by atoms with Crippen LogP contribution in [0.3, 0.4) is 0 Å². The summed E-state index contributed by atoms with van der Waals surface area (Å²) in [6.45, 7) is 0. The van der Waals surface area contributed by atoms with E-state index in [4.69, 9.17) is 11.6 Å². The van der Waals surface area contributed by atoms with Crippen molar-refractivity contribution in [1.29, 1.82) is 0 Å². The normalized spacial score (nSPS) is 11.8. The molecule has 0 bridgehead atoms. The summed E-state index contributed by atoms with van der Waals surface area (Å²) in [6, 6.07) is 10.4. The number of hydrogen-bond donors (Lipinski definition) is 2. The van der Waals surface area contributed by atoms with Gasteiger partial charge in [-0.25, -0.2) is 13.8 Å². The molecule has 0 saturated heterocycles. The van der Waals surface area contributed by atoms with Gasteiger partial charge in [0, 0.05) is 48.0 Å². The SMILES string of the molecule is CN(C)S(=O)(=O)Nc1ccc(F)c(C(=O)c2c[nH]c3ncc(-c4ccc(Cl)cc4)cc23)c1F. The molecule has 2 N–H and O–H groups in total. The second-order valence-corrected chi connectivity index (χ2v) is 9.65. The summed E-state index contributed by atoms with van der Waals surface area (Å²) in [5.74, 6) is -3.40. The standard InChI is InChI=1S/C22H17ClF2N4O3S/c1-29(2)33(31,32)28-18-8-7-17(24)19(20(18)25)21(30)16-11-27-22-15(16)9-13(10-26-22)12-3-5-14(23)6-4-12/h3-11,28H,1-2H3,(H,26,27). The topological polar surface area (TPSA) is 95.2 Å². The van der Waals surface area contributed by atoms with E-state index in [2.05, 4.69) is 9.97 Å². The van der Waals surface area contributed by atoms with Gasteiger partial charge in [-0.05, 0) is 35.9 Å². The van der Waals surface area contributed by atoms with Gasteiger partial charge in [0.1, 0.15) is 11.5 Å². The van der Waals surface area contributed by atoms with Gasteiger partial charge < -0.3 is 4.98 Å². The fraction of sp³-hybridized carbons (Fsp3) is 0.0909. The van der Waals surface area contributed by atoms with Crippen molar-refractivity contribution in [2.45, 2.75) is 0 Å². The van der Waals surface area contributed by atoms with Crippen LogP contribution >= 0.6 is 11.6 Å². The highest BCUT2D eigenvalue weighted by molar-refractivity contribution is 7.90. The minimum Gasteiger partial charge on any atom is -0.345 e. The second kappa shape index (κ2) is 8.54. The number of nitrogens with one attached hydrogen (secondary N) is 2. The van der Waals surface area contributed by atoms with Crippen LogP contribution in [-0.4, -0.2) is 42.6 Å². The maximum Gasteiger partial charge on any atom is 0.301 e. The average Bonchev–Trinajstić information content (AvgIpc) is 3.19. The summed E-state index contributed by atoms with van der Waals surface area (Å²) in [5, 5.41) is 0.909. The number of aromatic amines is 1. The lowest BCUT2D eigenvalue weighted by Gasteiger charge is -2.15. The summed E-state index contributed by atoms with van der Waals surface area (Å²) in [7, 11) is -1.59. The molecular formula is C22H17ClF2N4O3S. The number of halogens is 3. The Morgan fingerprint density at radius 2 is 1.79 bits per heavy atom. The molecule has 0 radical (unpaired) electrons. The number of aromatic nitrogens is 2. The highest BCUT2D eigenvalue weighted by atomic mass is 35.5. The minimum absolute atomic E-state index is 0.0151. The Bertz CT molecular complexity index is 1490. The number of fused-ring (bicyclic) bond motifs is 1. The van der Waals surface area contributed by atoms with Crippen LogP contribution in [0.4, 0.5) is 14.5 Å². The van der Waals surface area contributed by atoms with Crippen LogP contribution in [0, 0.1) is 11.6 Å². The minimum atomic E-state index is -4.07. The Kier molecular flexibility index (Phi) is 5.91. The van der Waals surface area contributed by atoms with E-state index in [0.29, 0.717) is 21.6 Å². The summed E-state index contributed by atoms with van der Waals surface area (Å²) in [6.07, 6.45) is 2.90. The molecule has 0 aliphatic rings. The summed E-state index contributed by atoms with van der Waals surface area (Å²) >= 11 is 5.93. The molecule has 0 aliphatic heterocycles. The molecule has 4 rings (SSSR count). The monoisotopic (exact) mass is 490 g/mol. The fourth-order valence-electron chi connectivity index (χ4n) is 3.20. The molecule has 0 saturated carbocycles. The highest BCUT2D eigenvalue weighted by Crippen LogP contribution is 2.30. The van der Waals surface area contributed by atoms with Crippen molar-refractivity contribution in [3.05, 3.63) is 82.6 Å². The van der Waals surface area contributed by atoms with Gasteiger partial charge in [0.05, 0.1) is 11.3 Å². The zero-order chi connectivity index (χ0) is 23.9. The highest BCUT2D eigenvalue weighted by Gasteiger charge is 2.26. The van der Waals surface area contributed by atoms with Crippen LogP contribution in [0.5, 0.6) is 0 Å². The van der Waals surface area contributed by atoms with Crippen molar-refractivity contribution in [3.8, 4) is 11.1 Å². The summed E-state index contributed by atoms with van der Waals surface area (Å²) < 4.78 is 56.6. The van der Waals surface area contributed by atoms with Crippen molar-refractivity contribution in [2.75, 3.05) is 18.8 Å². The number of rotatable bonds is 6. The van der Waals surface area contributed by atoms with Crippen molar-refractivity contribution in [3.63, 3.8) is 0 Å². The Balaban J connectivity index is 1.79. The molecular weight excluding hydrogens is 474 g/mol. The first-order chi connectivity index (χ1) is 15.6. The molecule has 0 unspecified atom stereocenters. The van der Waals surface area contributed by atoms with Crippen molar-refractivity contribution >= 4 is 44.3 Å². The van der Waals surface area contributed by atoms with Crippen LogP contribution in [0.25, 0.3) is 22.2 Å². The molecule has 2 aromatic carbocycles. The summed E-state index contributed by atoms with van der Waals surface area (Å²) in [5.41, 5.74) is 0.354. The lowest BCUT2D eigenvalue weighted by atomic mass is 10.00. The molecule has 0 atom stereocenters. The number of hydrogen-bond acceptors (Lipinski definition) is 4. The number of pyridine rings is 1.